The Kier molecular flexibility index (Phi) is 5.64. The predicted molar refractivity (Wildman–Crippen MR) is 82.8 cm³/mol. The molecule has 0 spiro atoms. The van der Waals surface area contributed by atoms with E-state index in [1.54, 1.807) is 0 Å². The summed E-state index contributed by atoms with van der Waals surface area (Å²) in [7, 11) is 0. The van der Waals surface area contributed by atoms with Gasteiger partial charge in [-0.05, 0) is 20.8 Å². The SMILES string of the molecule is Cc1noc(C)c1CSCC(=O)OC(C)C(=O)N1CCNC1=O. The summed E-state index contributed by atoms with van der Waals surface area (Å²) in [4.78, 5) is 36.3. The van der Waals surface area contributed by atoms with E-state index >= 15 is 0 Å². The average Bonchev–Trinajstić information content (AvgIpc) is 3.06. The molecule has 3 amide bonds. The van der Waals surface area contributed by atoms with Gasteiger partial charge in [0.15, 0.2) is 6.10 Å². The van der Waals surface area contributed by atoms with Crippen LogP contribution in [0.4, 0.5) is 4.79 Å². The largest absolute Gasteiger partial charge is 0.452 e. The molecule has 9 heteroatoms. The van der Waals surface area contributed by atoms with Crippen molar-refractivity contribution in [2.75, 3.05) is 18.8 Å². The molecule has 2 heterocycles. The van der Waals surface area contributed by atoms with Gasteiger partial charge in [-0.2, -0.15) is 0 Å². The highest BCUT2D eigenvalue weighted by Crippen LogP contribution is 2.19. The maximum absolute atomic E-state index is 12.0. The highest BCUT2D eigenvalue weighted by Gasteiger charge is 2.31. The first-order valence-electron chi connectivity index (χ1n) is 7.18. The van der Waals surface area contributed by atoms with Crippen LogP contribution >= 0.6 is 11.8 Å². The van der Waals surface area contributed by atoms with Crippen LogP contribution in [-0.2, 0) is 20.1 Å². The number of hydrogen-bond donors (Lipinski definition) is 1. The van der Waals surface area contributed by atoms with Crippen LogP contribution in [0.1, 0.15) is 23.9 Å². The predicted octanol–water partition coefficient (Wildman–Crippen LogP) is 1.01. The fraction of sp³-hybridized carbons (Fsp3) is 0.571. The first-order valence-corrected chi connectivity index (χ1v) is 8.33. The minimum Gasteiger partial charge on any atom is -0.452 e. The number of nitrogens with one attached hydrogen (secondary N) is 1. The van der Waals surface area contributed by atoms with Crippen molar-refractivity contribution < 1.29 is 23.6 Å². The number of aryl methyl sites for hydroxylation is 2. The maximum atomic E-state index is 12.0. The Bertz CT molecular complexity index is 596. The van der Waals surface area contributed by atoms with Crippen molar-refractivity contribution in [3.63, 3.8) is 0 Å². The Balaban J connectivity index is 1.76. The van der Waals surface area contributed by atoms with Gasteiger partial charge in [0.25, 0.3) is 5.91 Å². The van der Waals surface area contributed by atoms with Gasteiger partial charge in [-0.3, -0.25) is 14.5 Å². The van der Waals surface area contributed by atoms with Crippen LogP contribution in [0, 0.1) is 13.8 Å². The quantitative estimate of drug-likeness (QED) is 0.770. The molecule has 2 rings (SSSR count). The fourth-order valence-electron chi connectivity index (χ4n) is 2.13. The van der Waals surface area contributed by atoms with E-state index in [1.165, 1.54) is 18.7 Å². The third-order valence-corrected chi connectivity index (χ3v) is 4.36. The van der Waals surface area contributed by atoms with Gasteiger partial charge in [0.2, 0.25) is 0 Å². The molecule has 0 aromatic carbocycles. The van der Waals surface area contributed by atoms with Gasteiger partial charge in [0.1, 0.15) is 5.76 Å². The first-order chi connectivity index (χ1) is 10.9. The van der Waals surface area contributed by atoms with Crippen molar-refractivity contribution in [3.05, 3.63) is 17.0 Å². The van der Waals surface area contributed by atoms with Crippen LogP contribution in [0.25, 0.3) is 0 Å². The number of hydrogen-bond acceptors (Lipinski definition) is 7. The van der Waals surface area contributed by atoms with Gasteiger partial charge in [-0.25, -0.2) is 4.79 Å². The molecule has 1 aliphatic heterocycles. The van der Waals surface area contributed by atoms with Crippen LogP contribution < -0.4 is 5.32 Å². The van der Waals surface area contributed by atoms with Gasteiger partial charge < -0.3 is 14.6 Å². The molecule has 1 fully saturated rings. The molecule has 23 heavy (non-hydrogen) atoms. The number of imide groups is 1. The number of nitrogens with zero attached hydrogens (tertiary/aromatic N) is 2. The van der Waals surface area contributed by atoms with Crippen molar-refractivity contribution in [2.24, 2.45) is 0 Å². The van der Waals surface area contributed by atoms with Crippen molar-refractivity contribution in [1.29, 1.82) is 0 Å². The summed E-state index contributed by atoms with van der Waals surface area (Å²) < 4.78 is 10.1. The van der Waals surface area contributed by atoms with Crippen molar-refractivity contribution >= 4 is 29.7 Å². The molecule has 1 unspecified atom stereocenters. The number of amides is 3. The maximum Gasteiger partial charge on any atom is 0.324 e. The molecule has 0 radical (unpaired) electrons. The van der Waals surface area contributed by atoms with E-state index < -0.39 is 24.0 Å². The summed E-state index contributed by atoms with van der Waals surface area (Å²) in [6, 6.07) is -0.453. The smallest absolute Gasteiger partial charge is 0.324 e. The Hall–Kier alpha value is -2.03. The summed E-state index contributed by atoms with van der Waals surface area (Å²) in [5.74, 6) is 0.402. The lowest BCUT2D eigenvalue weighted by atomic mass is 10.2. The normalized spacial score (nSPS) is 15.4. The molecule has 1 atom stereocenters. The van der Waals surface area contributed by atoms with Crippen LogP contribution in [0.2, 0.25) is 0 Å². The van der Waals surface area contributed by atoms with Crippen LogP contribution in [0.3, 0.4) is 0 Å². The van der Waals surface area contributed by atoms with Gasteiger partial charge in [-0.15, -0.1) is 11.8 Å². The number of rotatable bonds is 6. The summed E-state index contributed by atoms with van der Waals surface area (Å²) in [6.45, 7) is 5.83. The zero-order valence-electron chi connectivity index (χ0n) is 13.2. The van der Waals surface area contributed by atoms with Crippen LogP contribution in [0.5, 0.6) is 0 Å². The van der Waals surface area contributed by atoms with E-state index in [2.05, 4.69) is 10.5 Å². The first kappa shape index (κ1) is 17.3. The van der Waals surface area contributed by atoms with E-state index in [4.69, 9.17) is 9.26 Å². The van der Waals surface area contributed by atoms with Gasteiger partial charge >= 0.3 is 12.0 Å². The lowest BCUT2D eigenvalue weighted by Gasteiger charge is -2.18. The zero-order valence-corrected chi connectivity index (χ0v) is 14.1. The molecule has 0 bridgehead atoms. The van der Waals surface area contributed by atoms with Crippen LogP contribution in [-0.4, -0.2) is 52.9 Å². The number of ether oxygens (including phenoxy) is 1. The van der Waals surface area contributed by atoms with E-state index in [9.17, 15) is 14.4 Å². The molecule has 1 aliphatic rings. The molecular weight excluding hydrogens is 322 g/mol. The zero-order chi connectivity index (χ0) is 17.0. The van der Waals surface area contributed by atoms with Gasteiger partial charge in [-0.1, -0.05) is 5.16 Å². The molecule has 126 valence electrons. The number of aromatic nitrogens is 1. The van der Waals surface area contributed by atoms with Crippen molar-refractivity contribution in [2.45, 2.75) is 32.6 Å². The van der Waals surface area contributed by atoms with Gasteiger partial charge in [0, 0.05) is 24.4 Å². The second-order valence-corrected chi connectivity index (χ2v) is 6.14. The molecule has 0 saturated carbocycles. The summed E-state index contributed by atoms with van der Waals surface area (Å²) in [5.41, 5.74) is 1.76. The standard InChI is InChI=1S/C14H19N3O5S/c1-8-11(9(2)22-16-8)6-23-7-12(18)21-10(3)13(19)17-5-4-15-14(17)20/h10H,4-7H2,1-3H3,(H,15,20). The summed E-state index contributed by atoms with van der Waals surface area (Å²) in [6.07, 6.45) is -0.981. The Morgan fingerprint density at radius 3 is 2.78 bits per heavy atom. The highest BCUT2D eigenvalue weighted by atomic mass is 32.2. The van der Waals surface area contributed by atoms with Gasteiger partial charge in [0.05, 0.1) is 11.4 Å². The fourth-order valence-corrected chi connectivity index (χ4v) is 3.08. The third kappa shape index (κ3) is 4.25. The Morgan fingerprint density at radius 2 is 2.22 bits per heavy atom. The summed E-state index contributed by atoms with van der Waals surface area (Å²) >= 11 is 1.36. The van der Waals surface area contributed by atoms with E-state index in [0.29, 0.717) is 18.8 Å². The second-order valence-electron chi connectivity index (χ2n) is 5.15. The summed E-state index contributed by atoms with van der Waals surface area (Å²) in [5, 5.41) is 6.37. The van der Waals surface area contributed by atoms with E-state index in [-0.39, 0.29) is 5.75 Å². The molecular formula is C14H19N3O5S. The molecule has 8 nitrogen and oxygen atoms in total. The monoisotopic (exact) mass is 341 g/mol. The second kappa shape index (κ2) is 7.49. The van der Waals surface area contributed by atoms with Crippen molar-refractivity contribution in [1.82, 2.24) is 15.4 Å². The van der Waals surface area contributed by atoms with Crippen LogP contribution in [0.15, 0.2) is 4.52 Å². The lowest BCUT2D eigenvalue weighted by Crippen LogP contribution is -2.42. The van der Waals surface area contributed by atoms with Crippen molar-refractivity contribution in [3.8, 4) is 0 Å². The molecule has 1 saturated heterocycles. The van der Waals surface area contributed by atoms with E-state index in [0.717, 1.165) is 21.9 Å². The minimum absolute atomic E-state index is 0.105. The minimum atomic E-state index is -0.981. The number of carbonyl (C=O) groups is 3. The Labute approximate surface area is 137 Å². The number of carbonyl (C=O) groups excluding carboxylic acids is 3. The highest BCUT2D eigenvalue weighted by molar-refractivity contribution is 7.99. The lowest BCUT2D eigenvalue weighted by molar-refractivity contribution is -0.155. The van der Waals surface area contributed by atoms with E-state index in [1.807, 2.05) is 13.8 Å². The Morgan fingerprint density at radius 1 is 1.48 bits per heavy atom. The third-order valence-electron chi connectivity index (χ3n) is 3.43. The molecule has 0 aliphatic carbocycles. The number of esters is 1. The molecule has 1 N–H and O–H groups in total. The molecule has 1 aromatic rings. The molecule has 1 aromatic heterocycles. The average molecular weight is 341 g/mol. The number of thioether (sulfide) groups is 1. The number of urea groups is 1. The topological polar surface area (TPSA) is 102 Å².